The highest BCUT2D eigenvalue weighted by Crippen LogP contribution is 2.16. The molecule has 150 valence electrons. The van der Waals surface area contributed by atoms with E-state index in [1.165, 1.54) is 19.2 Å². The summed E-state index contributed by atoms with van der Waals surface area (Å²) in [6.45, 7) is 1.88. The number of ether oxygens (including phenoxy) is 2. The molecular formula is C20H24N2O5S. The Morgan fingerprint density at radius 1 is 1.00 bits per heavy atom. The summed E-state index contributed by atoms with van der Waals surface area (Å²) >= 11 is 0. The van der Waals surface area contributed by atoms with E-state index in [0.717, 1.165) is 11.1 Å². The zero-order valence-corrected chi connectivity index (χ0v) is 17.0. The van der Waals surface area contributed by atoms with Crippen molar-refractivity contribution in [3.63, 3.8) is 0 Å². The normalized spacial score (nSPS) is 11.8. The Labute approximate surface area is 165 Å². The van der Waals surface area contributed by atoms with Gasteiger partial charge in [0.2, 0.25) is 0 Å². The fourth-order valence-corrected chi connectivity index (χ4v) is 3.27. The Kier molecular flexibility index (Phi) is 7.57. The van der Waals surface area contributed by atoms with Gasteiger partial charge in [-0.2, -0.15) is 18.4 Å². The summed E-state index contributed by atoms with van der Waals surface area (Å²) in [5, 5.41) is 4.13. The number of methoxy groups -OCH3 is 2. The third-order valence-corrected chi connectivity index (χ3v) is 5.30. The van der Waals surface area contributed by atoms with E-state index in [4.69, 9.17) is 4.74 Å². The summed E-state index contributed by atoms with van der Waals surface area (Å²) in [6.07, 6.45) is 1.10. The lowest BCUT2D eigenvalue weighted by Crippen LogP contribution is -2.21. The summed E-state index contributed by atoms with van der Waals surface area (Å²) in [4.78, 5) is 13.8. The molecule has 28 heavy (non-hydrogen) atoms. The monoisotopic (exact) mass is 404 g/mol. The minimum atomic E-state index is -3.79. The van der Waals surface area contributed by atoms with Gasteiger partial charge in [0.1, 0.15) is 5.75 Å². The Hall–Kier alpha value is -2.87. The lowest BCUT2D eigenvalue weighted by atomic mass is 10.0. The predicted octanol–water partition coefficient (Wildman–Crippen LogP) is 3.03. The van der Waals surface area contributed by atoms with Crippen LogP contribution in [0.1, 0.15) is 30.4 Å². The fraction of sp³-hybridized carbons (Fsp3) is 0.300. The second-order valence-corrected chi connectivity index (χ2v) is 7.79. The number of carbonyl (C=O) groups excluding carboxylic acids is 1. The molecule has 0 saturated heterocycles. The summed E-state index contributed by atoms with van der Waals surface area (Å²) in [7, 11) is -0.897. The number of nitrogens with one attached hydrogen (secondary N) is 1. The second-order valence-electron chi connectivity index (χ2n) is 6.12. The molecule has 0 aliphatic heterocycles. The van der Waals surface area contributed by atoms with Gasteiger partial charge in [0.15, 0.2) is 0 Å². The van der Waals surface area contributed by atoms with Crippen LogP contribution in [0, 0.1) is 6.92 Å². The third kappa shape index (κ3) is 6.09. The molecule has 0 bridgehead atoms. The topological polar surface area (TPSA) is 94.1 Å². The van der Waals surface area contributed by atoms with Gasteiger partial charge in [0.05, 0.1) is 24.8 Å². The molecule has 0 unspecified atom stereocenters. The van der Waals surface area contributed by atoms with Gasteiger partial charge in [-0.15, -0.1) is 0 Å². The zero-order chi connectivity index (χ0) is 20.6. The number of hydrogen-bond donors (Lipinski definition) is 1. The molecule has 0 radical (unpaired) electrons. The predicted molar refractivity (Wildman–Crippen MR) is 107 cm³/mol. The van der Waals surface area contributed by atoms with Gasteiger partial charge in [0.25, 0.3) is 10.0 Å². The Bertz CT molecular complexity index is 920. The van der Waals surface area contributed by atoms with Crippen molar-refractivity contribution in [3.05, 3.63) is 59.7 Å². The van der Waals surface area contributed by atoms with Crippen LogP contribution < -0.4 is 9.57 Å². The second kappa shape index (κ2) is 9.89. The molecule has 0 fully saturated rings. The number of hydrazone groups is 1. The maximum Gasteiger partial charge on any atom is 0.305 e. The van der Waals surface area contributed by atoms with Crippen molar-refractivity contribution in [2.45, 2.75) is 31.1 Å². The first kappa shape index (κ1) is 21.4. The molecule has 2 rings (SSSR count). The molecule has 7 nitrogen and oxygen atoms in total. The van der Waals surface area contributed by atoms with E-state index in [1.54, 1.807) is 43.5 Å². The molecule has 0 heterocycles. The number of benzene rings is 2. The van der Waals surface area contributed by atoms with Crippen molar-refractivity contribution in [2.24, 2.45) is 5.10 Å². The van der Waals surface area contributed by atoms with Crippen molar-refractivity contribution >= 4 is 21.7 Å². The fourth-order valence-electron chi connectivity index (χ4n) is 2.44. The maximum absolute atomic E-state index is 12.5. The van der Waals surface area contributed by atoms with Crippen LogP contribution in [0.15, 0.2) is 58.5 Å². The molecule has 0 spiro atoms. The van der Waals surface area contributed by atoms with E-state index in [-0.39, 0.29) is 17.3 Å². The highest BCUT2D eigenvalue weighted by molar-refractivity contribution is 7.89. The Morgan fingerprint density at radius 3 is 2.21 bits per heavy atom. The minimum Gasteiger partial charge on any atom is -0.497 e. The standard InChI is InChI=1S/C20H24N2O5S/c1-15-7-13-18(14-8-15)28(24,25)22-21-19(5-4-6-20(23)27-3)16-9-11-17(26-2)12-10-16/h7-14,22H,4-6H2,1-3H3/b21-19+. The van der Waals surface area contributed by atoms with Gasteiger partial charge >= 0.3 is 5.97 Å². The van der Waals surface area contributed by atoms with Gasteiger partial charge in [-0.3, -0.25) is 4.79 Å². The molecule has 0 amide bonds. The van der Waals surface area contributed by atoms with E-state index in [0.29, 0.717) is 24.3 Å². The molecule has 8 heteroatoms. The summed E-state index contributed by atoms with van der Waals surface area (Å²) in [5.74, 6) is 0.354. The minimum absolute atomic E-state index is 0.130. The molecule has 1 N–H and O–H groups in total. The Balaban J connectivity index is 2.23. The number of nitrogens with zero attached hydrogens (tertiary/aromatic N) is 1. The van der Waals surface area contributed by atoms with E-state index < -0.39 is 10.0 Å². The first-order chi connectivity index (χ1) is 13.4. The van der Waals surface area contributed by atoms with Crippen molar-refractivity contribution < 1.29 is 22.7 Å². The average molecular weight is 404 g/mol. The maximum atomic E-state index is 12.5. The number of esters is 1. The highest BCUT2D eigenvalue weighted by atomic mass is 32.2. The molecular weight excluding hydrogens is 380 g/mol. The number of carbonyl (C=O) groups is 1. The summed E-state index contributed by atoms with van der Waals surface area (Å²) < 4.78 is 34.8. The quantitative estimate of drug-likeness (QED) is 0.394. The van der Waals surface area contributed by atoms with Crippen LogP contribution in [-0.4, -0.2) is 34.3 Å². The molecule has 2 aromatic carbocycles. The highest BCUT2D eigenvalue weighted by Gasteiger charge is 2.14. The molecule has 0 aromatic heterocycles. The van der Waals surface area contributed by atoms with Crippen molar-refractivity contribution in [3.8, 4) is 5.75 Å². The average Bonchev–Trinajstić information content (AvgIpc) is 2.70. The lowest BCUT2D eigenvalue weighted by molar-refractivity contribution is -0.140. The van der Waals surface area contributed by atoms with Gasteiger partial charge in [-0.25, -0.2) is 0 Å². The van der Waals surface area contributed by atoms with Gasteiger partial charge in [-0.05, 0) is 61.7 Å². The van der Waals surface area contributed by atoms with Crippen LogP contribution in [0.3, 0.4) is 0 Å². The molecule has 0 saturated carbocycles. The summed E-state index contributed by atoms with van der Waals surface area (Å²) in [6, 6.07) is 13.6. The van der Waals surface area contributed by atoms with Gasteiger partial charge < -0.3 is 9.47 Å². The van der Waals surface area contributed by atoms with Crippen molar-refractivity contribution in [1.82, 2.24) is 4.83 Å². The van der Waals surface area contributed by atoms with Crippen molar-refractivity contribution in [2.75, 3.05) is 14.2 Å². The van der Waals surface area contributed by atoms with E-state index >= 15 is 0 Å². The van der Waals surface area contributed by atoms with Gasteiger partial charge in [0, 0.05) is 6.42 Å². The molecule has 2 aromatic rings. The van der Waals surface area contributed by atoms with Crippen LogP contribution in [0.5, 0.6) is 5.75 Å². The zero-order valence-electron chi connectivity index (χ0n) is 16.1. The van der Waals surface area contributed by atoms with E-state index in [2.05, 4.69) is 14.7 Å². The largest absolute Gasteiger partial charge is 0.497 e. The lowest BCUT2D eigenvalue weighted by Gasteiger charge is -2.10. The number of hydrogen-bond acceptors (Lipinski definition) is 6. The molecule has 0 atom stereocenters. The van der Waals surface area contributed by atoms with Crippen molar-refractivity contribution in [1.29, 1.82) is 0 Å². The number of aryl methyl sites for hydroxylation is 1. The number of rotatable bonds is 9. The Morgan fingerprint density at radius 2 is 1.64 bits per heavy atom. The number of sulfonamides is 1. The van der Waals surface area contributed by atoms with E-state index in [1.807, 2.05) is 6.92 Å². The molecule has 0 aliphatic carbocycles. The van der Waals surface area contributed by atoms with E-state index in [9.17, 15) is 13.2 Å². The first-order valence-electron chi connectivity index (χ1n) is 8.72. The van der Waals surface area contributed by atoms with Crippen LogP contribution >= 0.6 is 0 Å². The first-order valence-corrected chi connectivity index (χ1v) is 10.2. The van der Waals surface area contributed by atoms with Crippen LogP contribution in [0.4, 0.5) is 0 Å². The van der Waals surface area contributed by atoms with Crippen LogP contribution in [-0.2, 0) is 19.6 Å². The van der Waals surface area contributed by atoms with Gasteiger partial charge in [-0.1, -0.05) is 17.7 Å². The molecule has 0 aliphatic rings. The third-order valence-electron chi connectivity index (χ3n) is 4.08. The summed E-state index contributed by atoms with van der Waals surface area (Å²) in [5.41, 5.74) is 2.21. The smallest absolute Gasteiger partial charge is 0.305 e. The van der Waals surface area contributed by atoms with Crippen LogP contribution in [0.25, 0.3) is 0 Å². The SMILES string of the molecule is COC(=O)CCC/C(=N\NS(=O)(=O)c1ccc(C)cc1)c1ccc(OC)cc1. The van der Waals surface area contributed by atoms with Crippen LogP contribution in [0.2, 0.25) is 0 Å².